The maximum Gasteiger partial charge on any atom is 0.290 e. The van der Waals surface area contributed by atoms with Crippen molar-refractivity contribution in [3.05, 3.63) is 52.9 Å². The van der Waals surface area contributed by atoms with Crippen LogP contribution in [0, 0.1) is 11.3 Å². The molecule has 0 radical (unpaired) electrons. The molecule has 27 heavy (non-hydrogen) atoms. The number of methoxy groups -OCH3 is 1. The number of hydrogen-bond acceptors (Lipinski definition) is 7. The maximum atomic E-state index is 11.7. The predicted molar refractivity (Wildman–Crippen MR) is 99.8 cm³/mol. The molecule has 1 fully saturated rings. The summed E-state index contributed by atoms with van der Waals surface area (Å²) in [4.78, 5) is 27.5. The number of nitrogens with zero attached hydrogens (tertiary/aromatic N) is 2. The number of fused-ring (bicyclic) bond motifs is 1. The van der Waals surface area contributed by atoms with Crippen LogP contribution in [0.4, 0.5) is 4.79 Å². The van der Waals surface area contributed by atoms with E-state index in [0.29, 0.717) is 33.8 Å². The molecule has 0 aliphatic carbocycles. The molecule has 1 aliphatic rings. The van der Waals surface area contributed by atoms with Gasteiger partial charge in [-0.2, -0.15) is 5.26 Å². The fourth-order valence-electron chi connectivity index (χ4n) is 2.78. The molecule has 132 valence electrons. The van der Waals surface area contributed by atoms with E-state index in [1.54, 1.807) is 43.8 Å². The molecule has 0 unspecified atom stereocenters. The van der Waals surface area contributed by atoms with E-state index in [0.717, 1.165) is 17.1 Å². The Labute approximate surface area is 157 Å². The Bertz CT molecular complexity index is 1170. The van der Waals surface area contributed by atoms with E-state index in [9.17, 15) is 14.9 Å². The third kappa shape index (κ3) is 3.05. The molecule has 2 amide bonds. The van der Waals surface area contributed by atoms with Gasteiger partial charge in [0.25, 0.3) is 11.1 Å². The number of nitrogens with one attached hydrogen (secondary N) is 1. The highest BCUT2D eigenvalue weighted by atomic mass is 32.2. The third-order valence-electron chi connectivity index (χ3n) is 3.98. The lowest BCUT2D eigenvalue weighted by atomic mass is 10.0. The number of furan rings is 1. The minimum absolute atomic E-state index is 0.262. The smallest absolute Gasteiger partial charge is 0.290 e. The number of rotatable bonds is 3. The maximum absolute atomic E-state index is 11.7. The number of hydrogen-bond donors (Lipinski definition) is 1. The fraction of sp³-hybridized carbons (Fsp3) is 0.0526. The zero-order valence-electron chi connectivity index (χ0n) is 14.0. The van der Waals surface area contributed by atoms with Gasteiger partial charge in [0.2, 0.25) is 0 Å². The fourth-order valence-corrected chi connectivity index (χ4v) is 3.45. The molecule has 7 nitrogen and oxygen atoms in total. The van der Waals surface area contributed by atoms with Crippen molar-refractivity contribution in [2.24, 2.45) is 0 Å². The van der Waals surface area contributed by atoms with E-state index in [4.69, 9.17) is 9.15 Å². The van der Waals surface area contributed by atoms with Crippen molar-refractivity contribution in [2.45, 2.75) is 0 Å². The summed E-state index contributed by atoms with van der Waals surface area (Å²) >= 11 is 0.820. The second-order valence-electron chi connectivity index (χ2n) is 5.63. The van der Waals surface area contributed by atoms with Crippen LogP contribution in [0.5, 0.6) is 5.75 Å². The Morgan fingerprint density at radius 1 is 1.26 bits per heavy atom. The molecule has 1 aromatic carbocycles. The van der Waals surface area contributed by atoms with Gasteiger partial charge in [0, 0.05) is 35.0 Å². The lowest BCUT2D eigenvalue weighted by molar-refractivity contribution is -0.115. The molecule has 1 saturated heterocycles. The number of imide groups is 1. The Balaban J connectivity index is 1.86. The lowest BCUT2D eigenvalue weighted by Gasteiger charge is -2.09. The van der Waals surface area contributed by atoms with Gasteiger partial charge in [0.15, 0.2) is 0 Å². The van der Waals surface area contributed by atoms with Gasteiger partial charge in [-0.25, -0.2) is 0 Å². The highest BCUT2D eigenvalue weighted by Gasteiger charge is 2.25. The van der Waals surface area contributed by atoms with Crippen molar-refractivity contribution in [1.82, 2.24) is 10.3 Å². The van der Waals surface area contributed by atoms with Crippen LogP contribution in [0.3, 0.4) is 0 Å². The van der Waals surface area contributed by atoms with E-state index in [2.05, 4.69) is 16.4 Å². The molecule has 2 aromatic heterocycles. The number of aromatic nitrogens is 1. The van der Waals surface area contributed by atoms with Crippen LogP contribution >= 0.6 is 11.8 Å². The SMILES string of the molecule is COc1ccc(C#N)cc1-c1cncc2cc(/C=C3\SC(=O)NC3=O)oc12. The van der Waals surface area contributed by atoms with Crippen LogP contribution in [-0.2, 0) is 4.79 Å². The van der Waals surface area contributed by atoms with Crippen LogP contribution in [0.1, 0.15) is 11.3 Å². The average Bonchev–Trinajstić information content (AvgIpc) is 3.22. The summed E-state index contributed by atoms with van der Waals surface area (Å²) in [5, 5.41) is 11.7. The number of amides is 2. The van der Waals surface area contributed by atoms with Gasteiger partial charge in [0.1, 0.15) is 17.1 Å². The topological polar surface area (TPSA) is 105 Å². The van der Waals surface area contributed by atoms with E-state index in [-0.39, 0.29) is 4.91 Å². The summed E-state index contributed by atoms with van der Waals surface area (Å²) in [6, 6.07) is 8.92. The molecule has 8 heteroatoms. The van der Waals surface area contributed by atoms with Crippen LogP contribution in [0.25, 0.3) is 28.2 Å². The monoisotopic (exact) mass is 377 g/mol. The largest absolute Gasteiger partial charge is 0.496 e. The Hall–Kier alpha value is -3.57. The van der Waals surface area contributed by atoms with Gasteiger partial charge in [-0.1, -0.05) is 0 Å². The second kappa shape index (κ2) is 6.63. The first-order valence-electron chi connectivity index (χ1n) is 7.80. The van der Waals surface area contributed by atoms with Gasteiger partial charge in [-0.05, 0) is 36.0 Å². The zero-order valence-corrected chi connectivity index (χ0v) is 14.8. The van der Waals surface area contributed by atoms with Crippen molar-refractivity contribution in [2.75, 3.05) is 7.11 Å². The Morgan fingerprint density at radius 3 is 2.81 bits per heavy atom. The van der Waals surface area contributed by atoms with Crippen LogP contribution in [-0.4, -0.2) is 23.2 Å². The van der Waals surface area contributed by atoms with Crippen LogP contribution in [0.15, 0.2) is 46.0 Å². The summed E-state index contributed by atoms with van der Waals surface area (Å²) in [6.45, 7) is 0. The van der Waals surface area contributed by atoms with E-state index < -0.39 is 11.1 Å². The van der Waals surface area contributed by atoms with Crippen molar-refractivity contribution in [3.63, 3.8) is 0 Å². The highest BCUT2D eigenvalue weighted by Crippen LogP contribution is 2.37. The normalized spacial score (nSPS) is 15.2. The predicted octanol–water partition coefficient (Wildman–Crippen LogP) is 3.70. The molecule has 3 heterocycles. The van der Waals surface area contributed by atoms with Gasteiger partial charge >= 0.3 is 0 Å². The summed E-state index contributed by atoms with van der Waals surface area (Å²) in [7, 11) is 1.55. The number of carbonyl (C=O) groups excluding carboxylic acids is 2. The summed E-state index contributed by atoms with van der Waals surface area (Å²) in [5.41, 5.74) is 2.35. The summed E-state index contributed by atoms with van der Waals surface area (Å²) < 4.78 is 11.3. The minimum Gasteiger partial charge on any atom is -0.496 e. The number of ether oxygens (including phenoxy) is 1. The summed E-state index contributed by atoms with van der Waals surface area (Å²) in [5.74, 6) is 0.546. The van der Waals surface area contributed by atoms with Gasteiger partial charge in [-0.15, -0.1) is 0 Å². The first kappa shape index (κ1) is 16.9. The first-order valence-corrected chi connectivity index (χ1v) is 8.61. The highest BCUT2D eigenvalue weighted by molar-refractivity contribution is 8.18. The molecule has 4 rings (SSSR count). The van der Waals surface area contributed by atoms with Gasteiger partial charge in [-0.3, -0.25) is 19.9 Å². The van der Waals surface area contributed by atoms with E-state index in [1.165, 1.54) is 6.08 Å². The number of pyridine rings is 1. The van der Waals surface area contributed by atoms with Gasteiger partial charge in [0.05, 0.1) is 23.6 Å². The third-order valence-corrected chi connectivity index (χ3v) is 4.79. The van der Waals surface area contributed by atoms with Crippen molar-refractivity contribution < 1.29 is 18.7 Å². The van der Waals surface area contributed by atoms with Gasteiger partial charge < -0.3 is 9.15 Å². The molecule has 1 aliphatic heterocycles. The second-order valence-corrected chi connectivity index (χ2v) is 6.65. The summed E-state index contributed by atoms with van der Waals surface area (Å²) in [6.07, 6.45) is 4.78. The quantitative estimate of drug-likeness (QED) is 0.694. The van der Waals surface area contributed by atoms with E-state index >= 15 is 0 Å². The standard InChI is InChI=1S/C19H11N3O4S/c1-25-15-3-2-10(7-20)4-13(15)14-9-21-8-11-5-12(26-17(11)14)6-16-18(23)22-19(24)27-16/h2-6,8-9H,1H3,(H,22,23,24)/b16-6-. The molecule has 0 bridgehead atoms. The molecule has 0 saturated carbocycles. The first-order chi connectivity index (χ1) is 13.1. The Kier molecular flexibility index (Phi) is 4.14. The number of nitriles is 1. The van der Waals surface area contributed by atoms with Crippen LogP contribution in [0.2, 0.25) is 0 Å². The number of carbonyl (C=O) groups is 2. The van der Waals surface area contributed by atoms with Crippen molar-refractivity contribution >= 4 is 40.0 Å². The number of benzene rings is 1. The molecular formula is C19H11N3O4S. The molecule has 0 spiro atoms. The molecular weight excluding hydrogens is 366 g/mol. The van der Waals surface area contributed by atoms with Crippen molar-refractivity contribution in [3.8, 4) is 22.9 Å². The molecule has 0 atom stereocenters. The van der Waals surface area contributed by atoms with Crippen LogP contribution < -0.4 is 10.1 Å². The number of thioether (sulfide) groups is 1. The zero-order chi connectivity index (χ0) is 19.0. The average molecular weight is 377 g/mol. The lowest BCUT2D eigenvalue weighted by Crippen LogP contribution is -2.17. The van der Waals surface area contributed by atoms with E-state index in [1.807, 2.05) is 0 Å². The van der Waals surface area contributed by atoms with Crippen molar-refractivity contribution in [1.29, 1.82) is 5.26 Å². The Morgan fingerprint density at radius 2 is 2.11 bits per heavy atom. The minimum atomic E-state index is -0.452. The molecule has 3 aromatic rings. The molecule has 1 N–H and O–H groups in total.